The van der Waals surface area contributed by atoms with Gasteiger partial charge in [0.05, 0.1) is 12.5 Å². The maximum atomic E-state index is 11.8. The summed E-state index contributed by atoms with van der Waals surface area (Å²) in [6.45, 7) is 4.39. The van der Waals surface area contributed by atoms with E-state index in [1.165, 1.54) is 5.69 Å². The van der Waals surface area contributed by atoms with Crippen LogP contribution in [0.5, 0.6) is 0 Å². The van der Waals surface area contributed by atoms with Crippen molar-refractivity contribution >= 4 is 17.3 Å². The minimum Gasteiger partial charge on any atom is -0.466 e. The van der Waals surface area contributed by atoms with E-state index < -0.39 is 0 Å². The van der Waals surface area contributed by atoms with Crippen LogP contribution in [0.2, 0.25) is 0 Å². The lowest BCUT2D eigenvalue weighted by atomic mass is 9.90. The van der Waals surface area contributed by atoms with Gasteiger partial charge >= 0.3 is 5.97 Å². The standard InChI is InChI=1S/C16H22N2O2/c1-2-20-15(19)14-11-16(14)7-9-18(10-8-16)13-5-3-12(17)4-6-13/h3-6,14H,2,7-11,17H2,1H3. The molecule has 0 radical (unpaired) electrons. The molecule has 2 N–H and O–H groups in total. The van der Waals surface area contributed by atoms with Crippen LogP contribution < -0.4 is 10.6 Å². The first-order valence-corrected chi connectivity index (χ1v) is 7.42. The molecular formula is C16H22N2O2. The summed E-state index contributed by atoms with van der Waals surface area (Å²) in [5, 5.41) is 0. The number of carbonyl (C=O) groups is 1. The van der Waals surface area contributed by atoms with Gasteiger partial charge in [0.2, 0.25) is 0 Å². The zero-order valence-corrected chi connectivity index (χ0v) is 12.0. The van der Waals surface area contributed by atoms with E-state index in [0.717, 1.165) is 38.0 Å². The fourth-order valence-corrected chi connectivity index (χ4v) is 3.37. The van der Waals surface area contributed by atoms with Crippen molar-refractivity contribution in [1.82, 2.24) is 0 Å². The summed E-state index contributed by atoms with van der Waals surface area (Å²) >= 11 is 0. The zero-order chi connectivity index (χ0) is 14.2. The Balaban J connectivity index is 1.58. The summed E-state index contributed by atoms with van der Waals surface area (Å²) in [7, 11) is 0. The van der Waals surface area contributed by atoms with Crippen molar-refractivity contribution in [3.63, 3.8) is 0 Å². The molecule has 108 valence electrons. The van der Waals surface area contributed by atoms with Crippen molar-refractivity contribution in [3.05, 3.63) is 24.3 Å². The molecule has 2 fully saturated rings. The number of esters is 1. The third-order valence-corrected chi connectivity index (χ3v) is 4.78. The molecule has 4 heteroatoms. The average Bonchev–Trinajstić information content (AvgIpc) is 3.15. The SMILES string of the molecule is CCOC(=O)C1CC12CCN(c1ccc(N)cc1)CC2. The van der Waals surface area contributed by atoms with Crippen molar-refractivity contribution in [2.75, 3.05) is 30.3 Å². The van der Waals surface area contributed by atoms with E-state index in [9.17, 15) is 4.79 Å². The van der Waals surface area contributed by atoms with Crippen LogP contribution in [0.1, 0.15) is 26.2 Å². The third-order valence-electron chi connectivity index (χ3n) is 4.78. The first kappa shape index (κ1) is 13.3. The second-order valence-electron chi connectivity index (χ2n) is 5.95. The molecular weight excluding hydrogens is 252 g/mol. The minimum atomic E-state index is 0.00781. The van der Waals surface area contributed by atoms with Crippen LogP contribution in [0.15, 0.2) is 24.3 Å². The lowest BCUT2D eigenvalue weighted by molar-refractivity contribution is -0.145. The topological polar surface area (TPSA) is 55.6 Å². The lowest BCUT2D eigenvalue weighted by Crippen LogP contribution is -2.35. The van der Waals surface area contributed by atoms with Gasteiger partial charge in [0, 0.05) is 24.5 Å². The first-order valence-electron chi connectivity index (χ1n) is 7.42. The molecule has 1 unspecified atom stereocenters. The van der Waals surface area contributed by atoms with Gasteiger partial charge in [0.25, 0.3) is 0 Å². The predicted octanol–water partition coefficient (Wildman–Crippen LogP) is 2.44. The van der Waals surface area contributed by atoms with Gasteiger partial charge < -0.3 is 15.4 Å². The molecule has 1 saturated heterocycles. The van der Waals surface area contributed by atoms with Crippen LogP contribution in [0.25, 0.3) is 0 Å². The van der Waals surface area contributed by atoms with Gasteiger partial charge in [-0.05, 0) is 55.9 Å². The highest BCUT2D eigenvalue weighted by Gasteiger charge is 2.59. The third kappa shape index (κ3) is 2.35. The normalized spacial score (nSPS) is 23.6. The summed E-state index contributed by atoms with van der Waals surface area (Å²) in [6, 6.07) is 8.03. The zero-order valence-electron chi connectivity index (χ0n) is 12.0. The molecule has 1 spiro atoms. The second-order valence-corrected chi connectivity index (χ2v) is 5.95. The van der Waals surface area contributed by atoms with Crippen molar-refractivity contribution in [2.24, 2.45) is 11.3 Å². The predicted molar refractivity (Wildman–Crippen MR) is 79.5 cm³/mol. The van der Waals surface area contributed by atoms with Gasteiger partial charge in [-0.2, -0.15) is 0 Å². The maximum absolute atomic E-state index is 11.8. The Bertz CT molecular complexity index is 490. The monoisotopic (exact) mass is 274 g/mol. The van der Waals surface area contributed by atoms with Crippen LogP contribution in [0.3, 0.4) is 0 Å². The van der Waals surface area contributed by atoms with Crippen molar-refractivity contribution in [1.29, 1.82) is 0 Å². The van der Waals surface area contributed by atoms with Gasteiger partial charge in [0.1, 0.15) is 0 Å². The number of nitrogens with zero attached hydrogens (tertiary/aromatic N) is 1. The molecule has 0 aromatic heterocycles. The Morgan fingerprint density at radius 3 is 2.60 bits per heavy atom. The number of anilines is 2. The summed E-state index contributed by atoms with van der Waals surface area (Å²) < 4.78 is 5.15. The Kier molecular flexibility index (Phi) is 3.32. The molecule has 3 rings (SSSR count). The van der Waals surface area contributed by atoms with Crippen molar-refractivity contribution < 1.29 is 9.53 Å². The van der Waals surface area contributed by atoms with E-state index >= 15 is 0 Å². The quantitative estimate of drug-likeness (QED) is 0.679. The van der Waals surface area contributed by atoms with Gasteiger partial charge in [0.15, 0.2) is 0 Å². The van der Waals surface area contributed by atoms with Crippen LogP contribution in [0, 0.1) is 11.3 Å². The number of hydrogen-bond donors (Lipinski definition) is 1. The maximum Gasteiger partial charge on any atom is 0.309 e. The van der Waals surface area contributed by atoms with Gasteiger partial charge in [-0.25, -0.2) is 0 Å². The average molecular weight is 274 g/mol. The number of ether oxygens (including phenoxy) is 1. The number of hydrogen-bond acceptors (Lipinski definition) is 4. The Morgan fingerprint density at radius 2 is 2.00 bits per heavy atom. The van der Waals surface area contributed by atoms with E-state index in [-0.39, 0.29) is 17.3 Å². The van der Waals surface area contributed by atoms with Crippen LogP contribution in [0.4, 0.5) is 11.4 Å². The number of benzene rings is 1. The summed E-state index contributed by atoms with van der Waals surface area (Å²) in [6.07, 6.45) is 3.18. The number of carbonyl (C=O) groups excluding carboxylic acids is 1. The molecule has 1 aliphatic heterocycles. The van der Waals surface area contributed by atoms with Crippen molar-refractivity contribution in [2.45, 2.75) is 26.2 Å². The van der Waals surface area contributed by atoms with Crippen LogP contribution >= 0.6 is 0 Å². The Hall–Kier alpha value is -1.71. The molecule has 1 aromatic carbocycles. The lowest BCUT2D eigenvalue weighted by Gasteiger charge is -2.34. The highest BCUT2D eigenvalue weighted by atomic mass is 16.5. The number of nitrogens with two attached hydrogens (primary N) is 1. The van der Waals surface area contributed by atoms with Gasteiger partial charge in [-0.15, -0.1) is 0 Å². The summed E-state index contributed by atoms with van der Waals surface area (Å²) in [4.78, 5) is 14.2. The van der Waals surface area contributed by atoms with E-state index in [2.05, 4.69) is 17.0 Å². The molecule has 2 aliphatic rings. The largest absolute Gasteiger partial charge is 0.466 e. The molecule has 20 heavy (non-hydrogen) atoms. The molecule has 4 nitrogen and oxygen atoms in total. The molecule has 1 atom stereocenters. The smallest absolute Gasteiger partial charge is 0.309 e. The van der Waals surface area contributed by atoms with Gasteiger partial charge in [-0.1, -0.05) is 0 Å². The Labute approximate surface area is 119 Å². The van der Waals surface area contributed by atoms with Crippen molar-refractivity contribution in [3.8, 4) is 0 Å². The number of rotatable bonds is 3. The molecule has 0 bridgehead atoms. The molecule has 1 heterocycles. The second kappa shape index (κ2) is 5.00. The number of nitrogen functional groups attached to an aromatic ring is 1. The van der Waals surface area contributed by atoms with E-state index in [0.29, 0.717) is 6.61 Å². The Morgan fingerprint density at radius 1 is 1.35 bits per heavy atom. The van der Waals surface area contributed by atoms with E-state index in [1.54, 1.807) is 0 Å². The first-order chi connectivity index (χ1) is 9.64. The molecule has 1 saturated carbocycles. The molecule has 1 aliphatic carbocycles. The van der Waals surface area contributed by atoms with Crippen LogP contribution in [-0.2, 0) is 9.53 Å². The van der Waals surface area contributed by atoms with E-state index in [4.69, 9.17) is 10.5 Å². The fraction of sp³-hybridized carbons (Fsp3) is 0.562. The molecule has 1 aromatic rings. The highest BCUT2D eigenvalue weighted by Crippen LogP contribution is 2.60. The van der Waals surface area contributed by atoms with Crippen LogP contribution in [-0.4, -0.2) is 25.7 Å². The van der Waals surface area contributed by atoms with E-state index in [1.807, 2.05) is 19.1 Å². The fourth-order valence-electron chi connectivity index (χ4n) is 3.37. The highest BCUT2D eigenvalue weighted by molar-refractivity contribution is 5.77. The summed E-state index contributed by atoms with van der Waals surface area (Å²) in [5.74, 6) is 0.157. The number of piperidine rings is 1. The summed E-state index contributed by atoms with van der Waals surface area (Å²) in [5.41, 5.74) is 7.97. The molecule has 0 amide bonds. The van der Waals surface area contributed by atoms with Gasteiger partial charge in [-0.3, -0.25) is 4.79 Å². The minimum absolute atomic E-state index is 0.00781.